The standard InChI is InChI=1S/C23H30O4/c1-17-18(2)23(27-5)20(19(3)22(17)26-4)15-13-11-9-7-6-8-10-12-14-16-21(24)25/h8-13,15H2,1-5H3,(H,24,25). The molecular formula is C23H30O4. The van der Waals surface area contributed by atoms with Gasteiger partial charge in [-0.1, -0.05) is 5.92 Å². The van der Waals surface area contributed by atoms with Crippen LogP contribution in [0.2, 0.25) is 0 Å². The van der Waals surface area contributed by atoms with Gasteiger partial charge in [-0.3, -0.25) is 0 Å². The van der Waals surface area contributed by atoms with Crippen molar-refractivity contribution in [2.45, 2.75) is 65.7 Å². The summed E-state index contributed by atoms with van der Waals surface area (Å²) in [5.41, 5.74) is 4.66. The first-order valence-corrected chi connectivity index (χ1v) is 9.32. The lowest BCUT2D eigenvalue weighted by Crippen LogP contribution is -2.04. The van der Waals surface area contributed by atoms with Crippen molar-refractivity contribution < 1.29 is 19.4 Å². The van der Waals surface area contributed by atoms with Crippen LogP contribution in [-0.4, -0.2) is 25.3 Å². The van der Waals surface area contributed by atoms with Gasteiger partial charge in [-0.25, -0.2) is 4.79 Å². The Labute approximate surface area is 163 Å². The monoisotopic (exact) mass is 370 g/mol. The Kier molecular flexibility index (Phi) is 9.91. The SMILES string of the molecule is COc1c(C)c(C)c(OC)c(CCCCC#CCCCC#CC(=O)O)c1C. The van der Waals surface area contributed by atoms with Gasteiger partial charge in [0.1, 0.15) is 11.5 Å². The molecule has 0 atom stereocenters. The minimum Gasteiger partial charge on any atom is -0.496 e. The van der Waals surface area contributed by atoms with E-state index in [-0.39, 0.29) is 0 Å². The third-order valence-electron chi connectivity index (χ3n) is 4.62. The van der Waals surface area contributed by atoms with Gasteiger partial charge in [-0.2, -0.15) is 0 Å². The van der Waals surface area contributed by atoms with Gasteiger partial charge in [0.05, 0.1) is 14.2 Å². The van der Waals surface area contributed by atoms with Crippen LogP contribution in [0.4, 0.5) is 0 Å². The van der Waals surface area contributed by atoms with Crippen molar-refractivity contribution in [2.75, 3.05) is 14.2 Å². The molecule has 0 aliphatic heterocycles. The average Bonchev–Trinajstić information content (AvgIpc) is 2.64. The summed E-state index contributed by atoms with van der Waals surface area (Å²) in [4.78, 5) is 10.3. The fraction of sp³-hybridized carbons (Fsp3) is 0.522. The summed E-state index contributed by atoms with van der Waals surface area (Å²) in [5, 5.41) is 8.41. The number of carboxylic acids is 1. The first-order valence-electron chi connectivity index (χ1n) is 9.32. The van der Waals surface area contributed by atoms with Crippen LogP contribution < -0.4 is 9.47 Å². The van der Waals surface area contributed by atoms with Crippen LogP contribution in [0.5, 0.6) is 11.5 Å². The Morgan fingerprint density at radius 2 is 1.37 bits per heavy atom. The molecule has 0 fully saturated rings. The Balaban J connectivity index is 2.50. The molecule has 27 heavy (non-hydrogen) atoms. The molecule has 4 nitrogen and oxygen atoms in total. The third kappa shape index (κ3) is 6.91. The Morgan fingerprint density at radius 1 is 0.815 bits per heavy atom. The number of methoxy groups -OCH3 is 2. The maximum absolute atomic E-state index is 10.3. The van der Waals surface area contributed by atoms with Crippen molar-refractivity contribution in [1.29, 1.82) is 0 Å². The number of hydrogen-bond donors (Lipinski definition) is 1. The zero-order valence-electron chi connectivity index (χ0n) is 17.1. The zero-order chi connectivity index (χ0) is 20.2. The van der Waals surface area contributed by atoms with E-state index in [1.165, 1.54) is 5.56 Å². The van der Waals surface area contributed by atoms with E-state index in [4.69, 9.17) is 14.6 Å². The van der Waals surface area contributed by atoms with Gasteiger partial charge in [0.15, 0.2) is 0 Å². The number of ether oxygens (including phenoxy) is 2. The van der Waals surface area contributed by atoms with Crippen molar-refractivity contribution in [3.8, 4) is 35.2 Å². The number of aliphatic carboxylic acids is 1. The molecule has 4 heteroatoms. The van der Waals surface area contributed by atoms with Crippen LogP contribution in [-0.2, 0) is 11.2 Å². The van der Waals surface area contributed by atoms with Gasteiger partial charge in [0.2, 0.25) is 0 Å². The molecule has 146 valence electrons. The fourth-order valence-electron chi connectivity index (χ4n) is 3.13. The van der Waals surface area contributed by atoms with Gasteiger partial charge < -0.3 is 14.6 Å². The summed E-state index contributed by atoms with van der Waals surface area (Å²) in [6.45, 7) is 6.23. The minimum absolute atomic E-state index is 0.578. The summed E-state index contributed by atoms with van der Waals surface area (Å²) in [7, 11) is 3.44. The molecule has 0 heterocycles. The Morgan fingerprint density at radius 3 is 1.96 bits per heavy atom. The molecule has 0 spiro atoms. The predicted octanol–water partition coefficient (Wildman–Crippen LogP) is 4.60. The van der Waals surface area contributed by atoms with Crippen LogP contribution in [0.1, 0.15) is 60.8 Å². The largest absolute Gasteiger partial charge is 0.496 e. The lowest BCUT2D eigenvalue weighted by molar-refractivity contribution is -0.130. The van der Waals surface area contributed by atoms with E-state index < -0.39 is 5.97 Å². The quantitative estimate of drug-likeness (QED) is 0.536. The predicted molar refractivity (Wildman–Crippen MR) is 108 cm³/mol. The molecule has 0 radical (unpaired) electrons. The first-order chi connectivity index (χ1) is 12.9. The molecule has 1 aromatic rings. The lowest BCUT2D eigenvalue weighted by Gasteiger charge is -2.20. The third-order valence-corrected chi connectivity index (χ3v) is 4.62. The van der Waals surface area contributed by atoms with E-state index in [1.54, 1.807) is 14.2 Å². The van der Waals surface area contributed by atoms with Crippen molar-refractivity contribution in [3.63, 3.8) is 0 Å². The van der Waals surface area contributed by atoms with E-state index >= 15 is 0 Å². The molecule has 0 aliphatic carbocycles. The number of hydrogen-bond acceptors (Lipinski definition) is 3. The normalized spacial score (nSPS) is 9.67. The highest BCUT2D eigenvalue weighted by Crippen LogP contribution is 2.38. The Hall–Kier alpha value is -2.59. The molecule has 0 unspecified atom stereocenters. The van der Waals surface area contributed by atoms with Crippen molar-refractivity contribution in [1.82, 2.24) is 0 Å². The lowest BCUT2D eigenvalue weighted by atomic mass is 9.94. The van der Waals surface area contributed by atoms with E-state index in [2.05, 4.69) is 44.5 Å². The van der Waals surface area contributed by atoms with Crippen LogP contribution in [0.25, 0.3) is 0 Å². The second kappa shape index (κ2) is 11.9. The van der Waals surface area contributed by atoms with Gasteiger partial charge >= 0.3 is 5.97 Å². The number of benzene rings is 1. The zero-order valence-corrected chi connectivity index (χ0v) is 17.1. The van der Waals surface area contributed by atoms with Gasteiger partial charge in [-0.15, -0.1) is 11.8 Å². The summed E-state index contributed by atoms with van der Waals surface area (Å²) >= 11 is 0. The van der Waals surface area contributed by atoms with Gasteiger partial charge in [-0.05, 0) is 63.1 Å². The number of carboxylic acid groups (broad SMARTS) is 1. The molecule has 0 saturated heterocycles. The van der Waals surface area contributed by atoms with Gasteiger partial charge in [0, 0.05) is 30.7 Å². The highest BCUT2D eigenvalue weighted by molar-refractivity contribution is 5.86. The minimum atomic E-state index is -1.07. The average molecular weight is 370 g/mol. The maximum Gasteiger partial charge on any atom is 0.381 e. The smallest absolute Gasteiger partial charge is 0.381 e. The van der Waals surface area contributed by atoms with Crippen molar-refractivity contribution >= 4 is 5.97 Å². The summed E-state index contributed by atoms with van der Waals surface area (Å²) in [6, 6.07) is 0. The highest BCUT2D eigenvalue weighted by Gasteiger charge is 2.18. The van der Waals surface area contributed by atoms with Crippen LogP contribution in [0.3, 0.4) is 0 Å². The summed E-state index contributed by atoms with van der Waals surface area (Å²) in [5.74, 6) is 11.9. The molecule has 1 aromatic carbocycles. The maximum atomic E-state index is 10.3. The highest BCUT2D eigenvalue weighted by atomic mass is 16.5. The van der Waals surface area contributed by atoms with Crippen molar-refractivity contribution in [3.05, 3.63) is 22.3 Å². The van der Waals surface area contributed by atoms with E-state index in [9.17, 15) is 4.79 Å². The molecule has 0 saturated carbocycles. The summed E-state index contributed by atoms with van der Waals surface area (Å²) < 4.78 is 11.3. The Bertz CT molecular complexity index is 770. The van der Waals surface area contributed by atoms with Crippen LogP contribution >= 0.6 is 0 Å². The molecule has 0 bridgehead atoms. The number of carbonyl (C=O) groups is 1. The van der Waals surface area contributed by atoms with Crippen LogP contribution in [0, 0.1) is 44.5 Å². The molecule has 0 aliphatic rings. The van der Waals surface area contributed by atoms with Gasteiger partial charge in [0.25, 0.3) is 0 Å². The molecular weight excluding hydrogens is 340 g/mol. The first kappa shape index (κ1) is 22.5. The van der Waals surface area contributed by atoms with E-state index in [0.29, 0.717) is 6.42 Å². The second-order valence-electron chi connectivity index (χ2n) is 6.44. The van der Waals surface area contributed by atoms with Crippen LogP contribution in [0.15, 0.2) is 0 Å². The topological polar surface area (TPSA) is 55.8 Å². The second-order valence-corrected chi connectivity index (χ2v) is 6.44. The van der Waals surface area contributed by atoms with E-state index in [0.717, 1.165) is 66.7 Å². The number of unbranched alkanes of at least 4 members (excludes halogenated alkanes) is 4. The summed E-state index contributed by atoms with van der Waals surface area (Å²) in [6.07, 6.45) is 6.03. The molecule has 1 rings (SSSR count). The molecule has 1 N–H and O–H groups in total. The molecule has 0 amide bonds. The fourth-order valence-corrected chi connectivity index (χ4v) is 3.13. The van der Waals surface area contributed by atoms with Crippen molar-refractivity contribution in [2.24, 2.45) is 0 Å². The van der Waals surface area contributed by atoms with E-state index in [1.807, 2.05) is 0 Å². The number of rotatable bonds is 8. The molecule has 0 aromatic heterocycles.